The lowest BCUT2D eigenvalue weighted by atomic mass is 9.91. The summed E-state index contributed by atoms with van der Waals surface area (Å²) in [6.07, 6.45) is 1.17. The second-order valence-corrected chi connectivity index (χ2v) is 4.53. The first-order valence-electron chi connectivity index (χ1n) is 6.19. The summed E-state index contributed by atoms with van der Waals surface area (Å²) in [5.74, 6) is -1.53. The Morgan fingerprint density at radius 2 is 2.05 bits per heavy atom. The van der Waals surface area contributed by atoms with Crippen molar-refractivity contribution < 1.29 is 19.1 Å². The molecular weight excluding hydrogens is 275 g/mol. The van der Waals surface area contributed by atoms with E-state index in [0.717, 1.165) is 0 Å². The van der Waals surface area contributed by atoms with Crippen molar-refractivity contribution in [1.29, 1.82) is 0 Å². The Morgan fingerprint density at radius 3 is 2.71 bits per heavy atom. The van der Waals surface area contributed by atoms with Gasteiger partial charge >= 0.3 is 5.97 Å². The fourth-order valence-corrected chi connectivity index (χ4v) is 2.29. The molecule has 0 radical (unpaired) electrons. The molecule has 0 amide bonds. The highest BCUT2D eigenvalue weighted by atomic mass is 19.1. The van der Waals surface area contributed by atoms with Crippen LogP contribution in [0.2, 0.25) is 0 Å². The molecular formula is C15H11FN2O3. The van der Waals surface area contributed by atoms with Crippen LogP contribution >= 0.6 is 0 Å². The topological polar surface area (TPSA) is 70.9 Å². The molecule has 1 aliphatic rings. The molecule has 3 rings (SSSR count). The van der Waals surface area contributed by atoms with E-state index in [1.165, 1.54) is 24.6 Å². The summed E-state index contributed by atoms with van der Waals surface area (Å²) in [5, 5.41) is 9.10. The smallest absolute Gasteiger partial charge is 0.335 e. The predicted molar refractivity (Wildman–Crippen MR) is 73.3 cm³/mol. The lowest BCUT2D eigenvalue weighted by Crippen LogP contribution is -2.38. The quantitative estimate of drug-likeness (QED) is 0.908. The lowest BCUT2D eigenvalue weighted by molar-refractivity contribution is 0.0696. The van der Waals surface area contributed by atoms with Crippen molar-refractivity contribution in [2.75, 3.05) is 0 Å². The van der Waals surface area contributed by atoms with Crippen molar-refractivity contribution in [3.63, 3.8) is 0 Å². The number of rotatable bonds is 3. The Hall–Kier alpha value is -2.73. The molecule has 0 fully saturated rings. The van der Waals surface area contributed by atoms with Crippen molar-refractivity contribution in [1.82, 2.24) is 5.48 Å². The number of nitrogens with zero attached hydrogens (tertiary/aromatic N) is 1. The second kappa shape index (κ2) is 4.99. The molecule has 2 aromatic carbocycles. The van der Waals surface area contributed by atoms with Gasteiger partial charge in [-0.25, -0.2) is 14.2 Å². The highest BCUT2D eigenvalue weighted by Gasteiger charge is 2.40. The summed E-state index contributed by atoms with van der Waals surface area (Å²) in [7, 11) is 0. The van der Waals surface area contributed by atoms with Crippen LogP contribution < -0.4 is 5.48 Å². The molecule has 0 aromatic heterocycles. The molecule has 106 valence electrons. The number of aromatic carboxylic acids is 1. The number of benzene rings is 2. The van der Waals surface area contributed by atoms with E-state index in [0.29, 0.717) is 5.56 Å². The fraction of sp³-hybridized carbons (Fsp3) is 0.0667. The molecule has 0 saturated heterocycles. The number of hydrogen-bond donors (Lipinski definition) is 2. The molecule has 2 aromatic rings. The third-order valence-electron chi connectivity index (χ3n) is 3.30. The summed E-state index contributed by atoms with van der Waals surface area (Å²) in [6, 6.07) is 12.3. The van der Waals surface area contributed by atoms with Crippen molar-refractivity contribution in [2.45, 2.75) is 5.66 Å². The van der Waals surface area contributed by atoms with Gasteiger partial charge in [0.25, 0.3) is 0 Å². The Morgan fingerprint density at radius 1 is 1.24 bits per heavy atom. The van der Waals surface area contributed by atoms with E-state index >= 15 is 0 Å². The lowest BCUT2D eigenvalue weighted by Gasteiger charge is -2.26. The van der Waals surface area contributed by atoms with Gasteiger partial charge in [-0.1, -0.05) is 30.3 Å². The van der Waals surface area contributed by atoms with Crippen molar-refractivity contribution >= 4 is 12.4 Å². The van der Waals surface area contributed by atoms with Crippen LogP contribution in [0.5, 0.6) is 0 Å². The van der Waals surface area contributed by atoms with Gasteiger partial charge in [0.15, 0.2) is 12.1 Å². The standard InChI is InChI=1S/C15H11FN2O3/c16-13-7-2-1-6-12(13)15(17-9-21-18-15)11-5-3-4-10(8-11)14(19)20/h1-9,18H,(H,19,20). The van der Waals surface area contributed by atoms with E-state index in [1.54, 1.807) is 30.3 Å². The largest absolute Gasteiger partial charge is 0.478 e. The van der Waals surface area contributed by atoms with Gasteiger partial charge in [0, 0.05) is 11.1 Å². The van der Waals surface area contributed by atoms with E-state index in [4.69, 9.17) is 9.94 Å². The molecule has 0 saturated carbocycles. The molecule has 1 unspecified atom stereocenters. The summed E-state index contributed by atoms with van der Waals surface area (Å²) >= 11 is 0. The number of aliphatic imine (C=N–C) groups is 1. The first-order valence-corrected chi connectivity index (χ1v) is 6.19. The number of halogens is 1. The first kappa shape index (κ1) is 13.3. The van der Waals surface area contributed by atoms with Crippen molar-refractivity contribution in [3.05, 3.63) is 71.0 Å². The van der Waals surface area contributed by atoms with Crippen LogP contribution in [-0.2, 0) is 10.5 Å². The monoisotopic (exact) mass is 286 g/mol. The zero-order valence-corrected chi connectivity index (χ0v) is 10.8. The van der Waals surface area contributed by atoms with Gasteiger partial charge in [-0.2, -0.15) is 0 Å². The van der Waals surface area contributed by atoms with Crippen molar-refractivity contribution in [2.24, 2.45) is 4.99 Å². The van der Waals surface area contributed by atoms with Gasteiger partial charge < -0.3 is 9.94 Å². The average Bonchev–Trinajstić information content (AvgIpc) is 2.98. The van der Waals surface area contributed by atoms with Crippen molar-refractivity contribution in [3.8, 4) is 0 Å². The molecule has 1 aliphatic heterocycles. The van der Waals surface area contributed by atoms with E-state index in [-0.39, 0.29) is 11.1 Å². The van der Waals surface area contributed by atoms with Gasteiger partial charge in [-0.3, -0.25) is 0 Å². The molecule has 1 heterocycles. The Kier molecular flexibility index (Phi) is 3.15. The summed E-state index contributed by atoms with van der Waals surface area (Å²) < 4.78 is 14.1. The minimum atomic E-state index is -1.29. The van der Waals surface area contributed by atoms with Gasteiger partial charge in [0.2, 0.25) is 0 Å². The molecule has 6 heteroatoms. The van der Waals surface area contributed by atoms with Crippen LogP contribution in [0.3, 0.4) is 0 Å². The van der Waals surface area contributed by atoms with Crippen LogP contribution in [0.15, 0.2) is 53.5 Å². The molecule has 2 N–H and O–H groups in total. The SMILES string of the molecule is O=C(O)c1cccc(C2(c3ccccc3F)N=CON2)c1. The Labute approximate surface area is 119 Å². The maximum atomic E-state index is 14.1. The summed E-state index contributed by atoms with van der Waals surface area (Å²) in [6.45, 7) is 0. The number of nitrogens with one attached hydrogen (secondary N) is 1. The molecule has 0 aliphatic carbocycles. The zero-order chi connectivity index (χ0) is 14.9. The molecule has 21 heavy (non-hydrogen) atoms. The van der Waals surface area contributed by atoms with E-state index in [1.807, 2.05) is 0 Å². The highest BCUT2D eigenvalue weighted by Crippen LogP contribution is 2.35. The third kappa shape index (κ3) is 2.15. The van der Waals surface area contributed by atoms with E-state index < -0.39 is 17.4 Å². The molecule has 1 atom stereocenters. The zero-order valence-electron chi connectivity index (χ0n) is 10.8. The number of carbonyl (C=O) groups is 1. The third-order valence-corrected chi connectivity index (χ3v) is 3.30. The Balaban J connectivity index is 2.19. The number of carboxylic acids is 1. The number of carboxylic acid groups (broad SMARTS) is 1. The van der Waals surface area contributed by atoms with Gasteiger partial charge in [-0.05, 0) is 18.2 Å². The fourth-order valence-electron chi connectivity index (χ4n) is 2.29. The van der Waals surface area contributed by atoms with Crippen LogP contribution in [0.1, 0.15) is 21.5 Å². The normalized spacial score (nSPS) is 20.2. The molecule has 5 nitrogen and oxygen atoms in total. The van der Waals surface area contributed by atoms with Crippen LogP contribution in [0.25, 0.3) is 0 Å². The highest BCUT2D eigenvalue weighted by molar-refractivity contribution is 5.87. The number of hydroxylamine groups is 1. The Bertz CT molecular complexity index is 732. The number of hydrogen-bond acceptors (Lipinski definition) is 4. The molecule has 0 spiro atoms. The minimum absolute atomic E-state index is 0.0899. The van der Waals surface area contributed by atoms with Crippen LogP contribution in [0.4, 0.5) is 4.39 Å². The van der Waals surface area contributed by atoms with E-state index in [9.17, 15) is 9.18 Å². The van der Waals surface area contributed by atoms with Gasteiger partial charge in [0.05, 0.1) is 5.56 Å². The van der Waals surface area contributed by atoms with Crippen LogP contribution in [-0.4, -0.2) is 17.5 Å². The molecule has 0 bridgehead atoms. The second-order valence-electron chi connectivity index (χ2n) is 4.53. The van der Waals surface area contributed by atoms with E-state index in [2.05, 4.69) is 10.5 Å². The first-order chi connectivity index (χ1) is 10.1. The maximum Gasteiger partial charge on any atom is 0.335 e. The minimum Gasteiger partial charge on any atom is -0.478 e. The summed E-state index contributed by atoms with van der Waals surface area (Å²) in [5.41, 5.74) is 2.17. The summed E-state index contributed by atoms with van der Waals surface area (Å²) in [4.78, 5) is 20.3. The predicted octanol–water partition coefficient (Wildman–Crippen LogP) is 2.29. The average molecular weight is 286 g/mol. The van der Waals surface area contributed by atoms with Crippen LogP contribution in [0, 0.1) is 5.82 Å². The maximum absolute atomic E-state index is 14.1. The van der Waals surface area contributed by atoms with Gasteiger partial charge in [-0.15, -0.1) is 5.48 Å². The van der Waals surface area contributed by atoms with Gasteiger partial charge in [0.1, 0.15) is 5.82 Å².